The number of guanidine groups is 1. The molecular weight excluding hydrogens is 342 g/mol. The molecular formula is C20H35N5O2. The molecule has 0 radical (unpaired) electrons. The van der Waals surface area contributed by atoms with E-state index in [0.29, 0.717) is 6.61 Å². The van der Waals surface area contributed by atoms with Crippen LogP contribution in [0.25, 0.3) is 0 Å². The van der Waals surface area contributed by atoms with Crippen LogP contribution in [0, 0.1) is 0 Å². The molecule has 1 aliphatic heterocycles. The van der Waals surface area contributed by atoms with E-state index in [1.54, 1.807) is 14.2 Å². The predicted octanol–water partition coefficient (Wildman–Crippen LogP) is 1.41. The largest absolute Gasteiger partial charge is 0.497 e. The maximum absolute atomic E-state index is 5.32. The summed E-state index contributed by atoms with van der Waals surface area (Å²) in [6.45, 7) is 10.6. The molecule has 0 amide bonds. The molecule has 27 heavy (non-hydrogen) atoms. The van der Waals surface area contributed by atoms with Gasteiger partial charge in [-0.2, -0.15) is 0 Å². The van der Waals surface area contributed by atoms with Gasteiger partial charge in [0.2, 0.25) is 0 Å². The van der Waals surface area contributed by atoms with Crippen molar-refractivity contribution in [1.29, 1.82) is 0 Å². The van der Waals surface area contributed by atoms with Gasteiger partial charge in [0.05, 0.1) is 13.7 Å². The maximum atomic E-state index is 5.32. The summed E-state index contributed by atoms with van der Waals surface area (Å²) in [4.78, 5) is 9.21. The van der Waals surface area contributed by atoms with E-state index in [2.05, 4.69) is 37.6 Å². The molecule has 1 aromatic rings. The molecule has 1 heterocycles. The predicted molar refractivity (Wildman–Crippen MR) is 112 cm³/mol. The highest BCUT2D eigenvalue weighted by atomic mass is 16.5. The number of rotatable bonds is 10. The number of benzene rings is 1. The van der Waals surface area contributed by atoms with Gasteiger partial charge in [-0.3, -0.25) is 9.89 Å². The van der Waals surface area contributed by atoms with Crippen LogP contribution in [0.3, 0.4) is 0 Å². The van der Waals surface area contributed by atoms with Crippen molar-refractivity contribution < 1.29 is 9.47 Å². The van der Waals surface area contributed by atoms with Gasteiger partial charge in [0.1, 0.15) is 5.75 Å². The molecule has 2 N–H and O–H groups in total. The summed E-state index contributed by atoms with van der Waals surface area (Å²) in [6.07, 6.45) is 1.11. The van der Waals surface area contributed by atoms with Gasteiger partial charge in [-0.1, -0.05) is 0 Å². The van der Waals surface area contributed by atoms with E-state index >= 15 is 0 Å². The van der Waals surface area contributed by atoms with Crippen molar-refractivity contribution in [2.24, 2.45) is 4.99 Å². The Bertz CT molecular complexity index is 542. The van der Waals surface area contributed by atoms with Crippen LogP contribution in [0.5, 0.6) is 5.75 Å². The topological polar surface area (TPSA) is 61.4 Å². The molecule has 1 aliphatic rings. The van der Waals surface area contributed by atoms with E-state index in [1.807, 2.05) is 19.1 Å². The Labute approximate surface area is 163 Å². The summed E-state index contributed by atoms with van der Waals surface area (Å²) in [5, 5.41) is 6.63. The lowest BCUT2D eigenvalue weighted by Crippen LogP contribution is -2.47. The average Bonchev–Trinajstić information content (AvgIpc) is 2.73. The molecule has 0 bridgehead atoms. The van der Waals surface area contributed by atoms with E-state index in [9.17, 15) is 0 Å². The normalized spacial score (nSPS) is 15.7. The fourth-order valence-corrected chi connectivity index (χ4v) is 3.14. The summed E-state index contributed by atoms with van der Waals surface area (Å²) < 4.78 is 10.6. The lowest BCUT2D eigenvalue weighted by atomic mass is 10.2. The SMILES string of the molecule is CCOCCNC(=NC)NCCCN1CCN(c2ccc(OC)cc2)CC1. The molecule has 2 rings (SSSR count). The Morgan fingerprint density at radius 2 is 1.78 bits per heavy atom. The van der Waals surface area contributed by atoms with Gasteiger partial charge in [0, 0.05) is 58.6 Å². The van der Waals surface area contributed by atoms with Gasteiger partial charge in [0.15, 0.2) is 5.96 Å². The number of ether oxygens (including phenoxy) is 2. The van der Waals surface area contributed by atoms with Crippen molar-refractivity contribution in [2.45, 2.75) is 13.3 Å². The van der Waals surface area contributed by atoms with Gasteiger partial charge < -0.3 is 25.0 Å². The first kappa shape index (κ1) is 21.3. The van der Waals surface area contributed by atoms with Crippen LogP contribution in [0.1, 0.15) is 13.3 Å². The van der Waals surface area contributed by atoms with Crippen LogP contribution in [-0.2, 0) is 4.74 Å². The summed E-state index contributed by atoms with van der Waals surface area (Å²) in [5.74, 6) is 1.76. The van der Waals surface area contributed by atoms with Crippen molar-refractivity contribution in [2.75, 3.05) is 78.1 Å². The average molecular weight is 378 g/mol. The Morgan fingerprint density at radius 1 is 1.07 bits per heavy atom. The zero-order valence-electron chi connectivity index (χ0n) is 17.0. The summed E-state index contributed by atoms with van der Waals surface area (Å²) in [5.41, 5.74) is 1.28. The minimum absolute atomic E-state index is 0.704. The van der Waals surface area contributed by atoms with E-state index < -0.39 is 0 Å². The molecule has 0 aromatic heterocycles. The molecule has 7 nitrogen and oxygen atoms in total. The van der Waals surface area contributed by atoms with E-state index in [4.69, 9.17) is 9.47 Å². The number of nitrogens with zero attached hydrogens (tertiary/aromatic N) is 3. The second-order valence-corrected chi connectivity index (χ2v) is 6.50. The lowest BCUT2D eigenvalue weighted by Gasteiger charge is -2.36. The molecule has 152 valence electrons. The molecule has 0 spiro atoms. The Morgan fingerprint density at radius 3 is 2.41 bits per heavy atom. The van der Waals surface area contributed by atoms with Crippen molar-refractivity contribution in [3.8, 4) is 5.75 Å². The highest BCUT2D eigenvalue weighted by Crippen LogP contribution is 2.20. The van der Waals surface area contributed by atoms with Gasteiger partial charge >= 0.3 is 0 Å². The number of hydrogen-bond donors (Lipinski definition) is 2. The second-order valence-electron chi connectivity index (χ2n) is 6.50. The standard InChI is InChI=1S/C20H35N5O2/c1-4-27-17-11-23-20(21-2)22-10-5-12-24-13-15-25(16-14-24)18-6-8-19(26-3)9-7-18/h6-9H,4-5,10-17H2,1-3H3,(H2,21,22,23). The van der Waals surface area contributed by atoms with Gasteiger partial charge in [-0.05, 0) is 44.2 Å². The molecule has 0 aliphatic carbocycles. The fraction of sp³-hybridized carbons (Fsp3) is 0.650. The minimum Gasteiger partial charge on any atom is -0.497 e. The zero-order chi connectivity index (χ0) is 19.3. The number of nitrogens with one attached hydrogen (secondary N) is 2. The highest BCUT2D eigenvalue weighted by molar-refractivity contribution is 5.79. The van der Waals surface area contributed by atoms with Gasteiger partial charge in [0.25, 0.3) is 0 Å². The number of methoxy groups -OCH3 is 1. The van der Waals surface area contributed by atoms with E-state index in [0.717, 1.165) is 70.6 Å². The Kier molecular flexibility index (Phi) is 9.79. The maximum Gasteiger partial charge on any atom is 0.191 e. The first-order valence-corrected chi connectivity index (χ1v) is 9.90. The first-order valence-electron chi connectivity index (χ1n) is 9.90. The van der Waals surface area contributed by atoms with Gasteiger partial charge in [-0.15, -0.1) is 0 Å². The molecule has 0 unspecified atom stereocenters. The first-order chi connectivity index (χ1) is 13.3. The van der Waals surface area contributed by atoms with Crippen molar-refractivity contribution in [3.63, 3.8) is 0 Å². The third kappa shape index (κ3) is 7.64. The summed E-state index contributed by atoms with van der Waals surface area (Å²) in [7, 11) is 3.50. The number of hydrogen-bond acceptors (Lipinski definition) is 5. The minimum atomic E-state index is 0.704. The van der Waals surface area contributed by atoms with Crippen LogP contribution >= 0.6 is 0 Å². The molecule has 1 saturated heterocycles. The number of aliphatic imine (C=N–C) groups is 1. The molecule has 1 fully saturated rings. The van der Waals surface area contributed by atoms with Crippen molar-refractivity contribution in [3.05, 3.63) is 24.3 Å². The second kappa shape index (κ2) is 12.4. The monoisotopic (exact) mass is 377 g/mol. The molecule has 7 heteroatoms. The number of anilines is 1. The number of piperazine rings is 1. The molecule has 0 saturated carbocycles. The highest BCUT2D eigenvalue weighted by Gasteiger charge is 2.16. The summed E-state index contributed by atoms with van der Waals surface area (Å²) >= 11 is 0. The fourth-order valence-electron chi connectivity index (χ4n) is 3.14. The van der Waals surface area contributed by atoms with Crippen molar-refractivity contribution in [1.82, 2.24) is 15.5 Å². The third-order valence-electron chi connectivity index (χ3n) is 4.72. The van der Waals surface area contributed by atoms with Crippen LogP contribution in [0.4, 0.5) is 5.69 Å². The van der Waals surface area contributed by atoms with Crippen molar-refractivity contribution >= 4 is 11.6 Å². The molecule has 0 atom stereocenters. The van der Waals surface area contributed by atoms with Crippen LogP contribution in [-0.4, -0.2) is 84.0 Å². The lowest BCUT2D eigenvalue weighted by molar-refractivity contribution is 0.152. The van der Waals surface area contributed by atoms with E-state index in [-0.39, 0.29) is 0 Å². The summed E-state index contributed by atoms with van der Waals surface area (Å²) in [6, 6.07) is 8.34. The van der Waals surface area contributed by atoms with Crippen LogP contribution < -0.4 is 20.3 Å². The Hall–Kier alpha value is -1.99. The Balaban J connectivity index is 1.59. The third-order valence-corrected chi connectivity index (χ3v) is 4.72. The van der Waals surface area contributed by atoms with E-state index in [1.165, 1.54) is 5.69 Å². The quantitative estimate of drug-likeness (QED) is 0.365. The van der Waals surface area contributed by atoms with Crippen LogP contribution in [0.2, 0.25) is 0 Å². The molecule has 1 aromatic carbocycles. The van der Waals surface area contributed by atoms with Gasteiger partial charge in [-0.25, -0.2) is 0 Å². The smallest absolute Gasteiger partial charge is 0.191 e. The zero-order valence-corrected chi connectivity index (χ0v) is 17.0. The van der Waals surface area contributed by atoms with Crippen LogP contribution in [0.15, 0.2) is 29.3 Å².